The number of aryl methyl sites for hydroxylation is 1. The number of carbonyl (C=O) groups excluding carboxylic acids is 1. The van der Waals surface area contributed by atoms with Gasteiger partial charge in [-0.15, -0.1) is 0 Å². The second-order valence-electron chi connectivity index (χ2n) is 5.78. The van der Waals surface area contributed by atoms with Crippen molar-refractivity contribution in [3.8, 4) is 0 Å². The van der Waals surface area contributed by atoms with Crippen molar-refractivity contribution in [3.05, 3.63) is 29.8 Å². The van der Waals surface area contributed by atoms with Crippen LogP contribution in [0.4, 0.5) is 0 Å². The molecule has 1 N–H and O–H groups in total. The van der Waals surface area contributed by atoms with Gasteiger partial charge in [-0.3, -0.25) is 4.79 Å². The first-order chi connectivity index (χ1) is 10.3. The van der Waals surface area contributed by atoms with Crippen molar-refractivity contribution < 1.29 is 13.2 Å². The van der Waals surface area contributed by atoms with Crippen LogP contribution in [0.5, 0.6) is 0 Å². The fourth-order valence-corrected chi connectivity index (χ4v) is 3.57. The van der Waals surface area contributed by atoms with Gasteiger partial charge < -0.3 is 9.80 Å². The molecule has 0 aliphatic carbocycles. The maximum atomic E-state index is 12.3. The summed E-state index contributed by atoms with van der Waals surface area (Å²) < 4.78 is 27.1. The highest BCUT2D eigenvalue weighted by Gasteiger charge is 2.27. The molecule has 122 valence electrons. The van der Waals surface area contributed by atoms with E-state index in [-0.39, 0.29) is 10.8 Å². The lowest BCUT2D eigenvalue weighted by Gasteiger charge is -2.34. The quantitative estimate of drug-likeness (QED) is 0.872. The van der Waals surface area contributed by atoms with E-state index in [0.717, 1.165) is 18.7 Å². The van der Waals surface area contributed by atoms with Crippen LogP contribution in [-0.2, 0) is 14.8 Å². The van der Waals surface area contributed by atoms with Crippen molar-refractivity contribution in [2.24, 2.45) is 0 Å². The molecular formula is C15H23N3O3S. The van der Waals surface area contributed by atoms with Crippen LogP contribution in [0.2, 0.25) is 0 Å². The Balaban J connectivity index is 2.02. The maximum Gasteiger partial charge on any atom is 0.241 e. The first-order valence-electron chi connectivity index (χ1n) is 7.36. The van der Waals surface area contributed by atoms with E-state index in [0.29, 0.717) is 13.1 Å². The molecule has 7 heteroatoms. The predicted molar refractivity (Wildman–Crippen MR) is 85.0 cm³/mol. The Morgan fingerprint density at radius 1 is 1.14 bits per heavy atom. The molecule has 0 saturated carbocycles. The van der Waals surface area contributed by atoms with E-state index < -0.39 is 16.1 Å². The third kappa shape index (κ3) is 4.06. The number of sulfonamides is 1. The van der Waals surface area contributed by atoms with Crippen LogP contribution in [0.3, 0.4) is 0 Å². The SMILES string of the molecule is Cc1ccc(S(=O)(=O)N[C@H](C)C(=O)N2CCN(C)CC2)cc1. The molecule has 1 amide bonds. The van der Waals surface area contributed by atoms with Crippen molar-refractivity contribution in [1.82, 2.24) is 14.5 Å². The van der Waals surface area contributed by atoms with Gasteiger partial charge in [-0.05, 0) is 33.0 Å². The molecule has 0 spiro atoms. The van der Waals surface area contributed by atoms with Gasteiger partial charge in [0.2, 0.25) is 15.9 Å². The highest BCUT2D eigenvalue weighted by Crippen LogP contribution is 2.11. The van der Waals surface area contributed by atoms with E-state index in [9.17, 15) is 13.2 Å². The van der Waals surface area contributed by atoms with E-state index in [1.54, 1.807) is 36.1 Å². The third-order valence-electron chi connectivity index (χ3n) is 3.85. The van der Waals surface area contributed by atoms with Crippen LogP contribution in [-0.4, -0.2) is 63.4 Å². The average molecular weight is 325 g/mol. The molecule has 6 nitrogen and oxygen atoms in total. The summed E-state index contributed by atoms with van der Waals surface area (Å²) in [7, 11) is -1.67. The van der Waals surface area contributed by atoms with Crippen molar-refractivity contribution >= 4 is 15.9 Å². The number of amides is 1. The molecule has 0 aromatic heterocycles. The van der Waals surface area contributed by atoms with Gasteiger partial charge >= 0.3 is 0 Å². The minimum Gasteiger partial charge on any atom is -0.339 e. The van der Waals surface area contributed by atoms with Crippen LogP contribution < -0.4 is 4.72 Å². The van der Waals surface area contributed by atoms with Crippen molar-refractivity contribution in [2.45, 2.75) is 24.8 Å². The lowest BCUT2D eigenvalue weighted by atomic mass is 10.2. The molecule has 2 rings (SSSR count). The molecule has 1 aliphatic heterocycles. The van der Waals surface area contributed by atoms with Gasteiger partial charge in [0.15, 0.2) is 0 Å². The molecular weight excluding hydrogens is 302 g/mol. The van der Waals surface area contributed by atoms with Gasteiger partial charge in [0.1, 0.15) is 0 Å². The topological polar surface area (TPSA) is 69.7 Å². The number of nitrogens with one attached hydrogen (secondary N) is 1. The van der Waals surface area contributed by atoms with E-state index in [2.05, 4.69) is 9.62 Å². The smallest absolute Gasteiger partial charge is 0.241 e. The van der Waals surface area contributed by atoms with Crippen LogP contribution in [0.15, 0.2) is 29.2 Å². The van der Waals surface area contributed by atoms with Crippen LogP contribution >= 0.6 is 0 Å². The minimum atomic E-state index is -3.68. The van der Waals surface area contributed by atoms with Gasteiger partial charge in [-0.1, -0.05) is 17.7 Å². The summed E-state index contributed by atoms with van der Waals surface area (Å²) in [4.78, 5) is 16.4. The number of hydrogen-bond acceptors (Lipinski definition) is 4. The number of piperazine rings is 1. The molecule has 0 bridgehead atoms. The number of nitrogens with zero attached hydrogens (tertiary/aromatic N) is 2. The summed E-state index contributed by atoms with van der Waals surface area (Å²) in [6.07, 6.45) is 0. The second kappa shape index (κ2) is 6.76. The van der Waals surface area contributed by atoms with Crippen molar-refractivity contribution in [3.63, 3.8) is 0 Å². The van der Waals surface area contributed by atoms with Gasteiger partial charge in [-0.25, -0.2) is 8.42 Å². The van der Waals surface area contributed by atoms with E-state index >= 15 is 0 Å². The zero-order valence-corrected chi connectivity index (χ0v) is 14.1. The van der Waals surface area contributed by atoms with Gasteiger partial charge in [0.05, 0.1) is 10.9 Å². The van der Waals surface area contributed by atoms with Crippen LogP contribution in [0, 0.1) is 6.92 Å². The summed E-state index contributed by atoms with van der Waals surface area (Å²) in [5, 5.41) is 0. The normalized spacial score (nSPS) is 18.2. The monoisotopic (exact) mass is 325 g/mol. The zero-order valence-electron chi connectivity index (χ0n) is 13.2. The van der Waals surface area contributed by atoms with Gasteiger partial charge in [-0.2, -0.15) is 4.72 Å². The summed E-state index contributed by atoms with van der Waals surface area (Å²) >= 11 is 0. The number of hydrogen-bond donors (Lipinski definition) is 1. The molecule has 22 heavy (non-hydrogen) atoms. The lowest BCUT2D eigenvalue weighted by Crippen LogP contribution is -2.53. The van der Waals surface area contributed by atoms with Crippen LogP contribution in [0.25, 0.3) is 0 Å². The highest BCUT2D eigenvalue weighted by molar-refractivity contribution is 7.89. The fraction of sp³-hybridized carbons (Fsp3) is 0.533. The van der Waals surface area contributed by atoms with E-state index in [4.69, 9.17) is 0 Å². The largest absolute Gasteiger partial charge is 0.339 e. The standard InChI is InChI=1S/C15H23N3O3S/c1-12-4-6-14(7-5-12)22(20,21)16-13(2)15(19)18-10-8-17(3)9-11-18/h4-7,13,16H,8-11H2,1-3H3/t13-/m1/s1. The first kappa shape index (κ1) is 16.9. The third-order valence-corrected chi connectivity index (χ3v) is 5.41. The highest BCUT2D eigenvalue weighted by atomic mass is 32.2. The number of likely N-dealkylation sites (N-methyl/N-ethyl adjacent to an activating group) is 1. The minimum absolute atomic E-state index is 0.177. The fourth-order valence-electron chi connectivity index (χ4n) is 2.37. The Hall–Kier alpha value is -1.44. The Bertz CT molecular complexity index is 620. The second-order valence-corrected chi connectivity index (χ2v) is 7.50. The molecule has 1 heterocycles. The number of benzene rings is 1. The molecule has 1 fully saturated rings. The number of rotatable bonds is 4. The van der Waals surface area contributed by atoms with Crippen LogP contribution in [0.1, 0.15) is 12.5 Å². The summed E-state index contributed by atoms with van der Waals surface area (Å²) in [5.74, 6) is -0.177. The Labute approximate surface area is 132 Å². The number of carbonyl (C=O) groups is 1. The Morgan fingerprint density at radius 3 is 2.23 bits per heavy atom. The lowest BCUT2D eigenvalue weighted by molar-refractivity contribution is -0.134. The van der Waals surface area contributed by atoms with Gasteiger partial charge in [0.25, 0.3) is 0 Å². The Kier molecular flexibility index (Phi) is 5.20. The predicted octanol–water partition coefficient (Wildman–Crippen LogP) is 0.436. The van der Waals surface area contributed by atoms with Gasteiger partial charge in [0, 0.05) is 26.2 Å². The molecule has 1 aromatic rings. The van der Waals surface area contributed by atoms with Crippen molar-refractivity contribution in [1.29, 1.82) is 0 Å². The summed E-state index contributed by atoms with van der Waals surface area (Å²) in [6.45, 7) is 6.36. The molecule has 0 radical (unpaired) electrons. The molecule has 1 aromatic carbocycles. The molecule has 1 atom stereocenters. The molecule has 1 saturated heterocycles. The zero-order chi connectivity index (χ0) is 16.3. The molecule has 0 unspecified atom stereocenters. The summed E-state index contributed by atoms with van der Waals surface area (Å²) in [6, 6.07) is 5.80. The summed E-state index contributed by atoms with van der Waals surface area (Å²) in [5.41, 5.74) is 0.987. The molecule has 1 aliphatic rings. The van der Waals surface area contributed by atoms with E-state index in [1.807, 2.05) is 14.0 Å². The maximum absolute atomic E-state index is 12.3. The van der Waals surface area contributed by atoms with E-state index in [1.165, 1.54) is 0 Å². The van der Waals surface area contributed by atoms with Crippen molar-refractivity contribution in [2.75, 3.05) is 33.2 Å². The first-order valence-corrected chi connectivity index (χ1v) is 8.84. The Morgan fingerprint density at radius 2 is 1.68 bits per heavy atom. The average Bonchev–Trinajstić information content (AvgIpc) is 2.47.